The predicted octanol–water partition coefficient (Wildman–Crippen LogP) is 3.87. The molecule has 0 spiro atoms. The van der Waals surface area contributed by atoms with Crippen molar-refractivity contribution in [1.82, 2.24) is 9.78 Å². The van der Waals surface area contributed by atoms with E-state index in [1.54, 1.807) is 16.0 Å². The van der Waals surface area contributed by atoms with Crippen molar-refractivity contribution in [2.45, 2.75) is 13.1 Å². The number of thiophene rings is 1. The monoisotopic (exact) mass is 333 g/mol. The summed E-state index contributed by atoms with van der Waals surface area (Å²) in [6.45, 7) is 1.19. The first-order chi connectivity index (χ1) is 10.8. The molecule has 0 fully saturated rings. The largest absolute Gasteiger partial charge is 0.394 e. The lowest BCUT2D eigenvalue weighted by Gasteiger charge is -2.07. The summed E-state index contributed by atoms with van der Waals surface area (Å²) >= 11 is 7.50. The Morgan fingerprint density at radius 1 is 1.18 bits per heavy atom. The van der Waals surface area contributed by atoms with E-state index in [1.807, 2.05) is 48.5 Å². The van der Waals surface area contributed by atoms with E-state index in [4.69, 9.17) is 11.6 Å². The highest BCUT2D eigenvalue weighted by atomic mass is 35.5. The first-order valence-corrected chi connectivity index (χ1v) is 8.18. The second-order valence-electron chi connectivity index (χ2n) is 4.79. The van der Waals surface area contributed by atoms with Gasteiger partial charge in [-0.15, -0.1) is 11.3 Å². The van der Waals surface area contributed by atoms with Crippen LogP contribution in [-0.4, -0.2) is 21.5 Å². The number of benzene rings is 1. The first kappa shape index (κ1) is 15.1. The molecular weight excluding hydrogens is 318 g/mol. The van der Waals surface area contributed by atoms with Crippen LogP contribution in [0, 0.1) is 0 Å². The molecule has 0 saturated heterocycles. The molecule has 6 heteroatoms. The topological polar surface area (TPSA) is 50.1 Å². The van der Waals surface area contributed by atoms with Gasteiger partial charge in [0, 0.05) is 16.5 Å². The predicted molar refractivity (Wildman–Crippen MR) is 91.4 cm³/mol. The van der Waals surface area contributed by atoms with Crippen LogP contribution < -0.4 is 5.32 Å². The summed E-state index contributed by atoms with van der Waals surface area (Å²) in [6.07, 6.45) is 0. The van der Waals surface area contributed by atoms with E-state index in [0.29, 0.717) is 13.1 Å². The van der Waals surface area contributed by atoms with E-state index in [2.05, 4.69) is 10.4 Å². The van der Waals surface area contributed by atoms with E-state index >= 15 is 0 Å². The van der Waals surface area contributed by atoms with Crippen LogP contribution in [0.25, 0.3) is 11.3 Å². The highest BCUT2D eigenvalue weighted by molar-refractivity contribution is 7.16. The first-order valence-electron chi connectivity index (χ1n) is 6.98. The molecule has 1 aromatic carbocycles. The highest BCUT2D eigenvalue weighted by Crippen LogP contribution is 2.24. The van der Waals surface area contributed by atoms with Crippen molar-refractivity contribution in [1.29, 1.82) is 0 Å². The van der Waals surface area contributed by atoms with E-state index in [0.717, 1.165) is 26.3 Å². The average molecular weight is 334 g/mol. The molecule has 22 heavy (non-hydrogen) atoms. The molecule has 2 aromatic heterocycles. The third-order valence-electron chi connectivity index (χ3n) is 3.23. The molecule has 3 aromatic rings. The van der Waals surface area contributed by atoms with Crippen molar-refractivity contribution < 1.29 is 5.11 Å². The number of nitrogens with zero attached hydrogens (tertiary/aromatic N) is 2. The van der Waals surface area contributed by atoms with Crippen molar-refractivity contribution in [3.05, 3.63) is 57.7 Å². The zero-order chi connectivity index (χ0) is 15.4. The quantitative estimate of drug-likeness (QED) is 0.720. The standard InChI is InChI=1S/C16H16ClN3OS/c17-15-7-6-13(22-15)11-18-16-10-14(19-20(16)8-9-21)12-4-2-1-3-5-12/h1-7,10,18,21H,8-9,11H2. The Kier molecular flexibility index (Phi) is 4.77. The fraction of sp³-hybridized carbons (Fsp3) is 0.188. The maximum Gasteiger partial charge on any atom is 0.125 e. The van der Waals surface area contributed by atoms with Gasteiger partial charge in [0.1, 0.15) is 5.82 Å². The smallest absolute Gasteiger partial charge is 0.125 e. The van der Waals surface area contributed by atoms with Crippen molar-refractivity contribution >= 4 is 28.8 Å². The summed E-state index contributed by atoms with van der Waals surface area (Å²) in [5, 5.41) is 17.1. The van der Waals surface area contributed by atoms with Gasteiger partial charge in [0.05, 0.1) is 29.7 Å². The molecule has 0 unspecified atom stereocenters. The number of hydrogen-bond donors (Lipinski definition) is 2. The van der Waals surface area contributed by atoms with Crippen LogP contribution in [-0.2, 0) is 13.1 Å². The number of rotatable bonds is 6. The molecule has 0 atom stereocenters. The molecule has 114 valence electrons. The lowest BCUT2D eigenvalue weighted by Crippen LogP contribution is -2.09. The fourth-order valence-electron chi connectivity index (χ4n) is 2.20. The summed E-state index contributed by atoms with van der Waals surface area (Å²) in [5.41, 5.74) is 1.95. The number of aromatic nitrogens is 2. The van der Waals surface area contributed by atoms with Gasteiger partial charge >= 0.3 is 0 Å². The number of nitrogens with one attached hydrogen (secondary N) is 1. The van der Waals surface area contributed by atoms with Crippen LogP contribution in [0.4, 0.5) is 5.82 Å². The Balaban J connectivity index is 1.81. The lowest BCUT2D eigenvalue weighted by atomic mass is 10.2. The van der Waals surface area contributed by atoms with Gasteiger partial charge < -0.3 is 10.4 Å². The van der Waals surface area contributed by atoms with Gasteiger partial charge in [-0.3, -0.25) is 0 Å². The van der Waals surface area contributed by atoms with Crippen LogP contribution >= 0.6 is 22.9 Å². The summed E-state index contributed by atoms with van der Waals surface area (Å²) in [5.74, 6) is 0.887. The minimum absolute atomic E-state index is 0.0510. The SMILES string of the molecule is OCCn1nc(-c2ccccc2)cc1NCc1ccc(Cl)s1. The van der Waals surface area contributed by atoms with Crippen LogP contribution in [0.3, 0.4) is 0 Å². The van der Waals surface area contributed by atoms with Crippen molar-refractivity contribution in [2.24, 2.45) is 0 Å². The summed E-state index contributed by atoms with van der Waals surface area (Å²) in [7, 11) is 0. The molecule has 0 aliphatic carbocycles. The molecule has 0 saturated carbocycles. The molecule has 2 heterocycles. The fourth-order valence-corrected chi connectivity index (χ4v) is 3.23. The highest BCUT2D eigenvalue weighted by Gasteiger charge is 2.09. The minimum atomic E-state index is 0.0510. The molecule has 0 bridgehead atoms. The van der Waals surface area contributed by atoms with Crippen molar-refractivity contribution in [2.75, 3.05) is 11.9 Å². The second-order valence-corrected chi connectivity index (χ2v) is 6.59. The molecular formula is C16H16ClN3OS. The molecule has 0 amide bonds. The van der Waals surface area contributed by atoms with Gasteiger partial charge in [0.25, 0.3) is 0 Å². The Morgan fingerprint density at radius 3 is 2.68 bits per heavy atom. The van der Waals surface area contributed by atoms with E-state index < -0.39 is 0 Å². The summed E-state index contributed by atoms with van der Waals surface area (Å²) in [6, 6.07) is 15.9. The number of aliphatic hydroxyl groups excluding tert-OH is 1. The number of anilines is 1. The van der Waals surface area contributed by atoms with Gasteiger partial charge in [0.15, 0.2) is 0 Å². The summed E-state index contributed by atoms with van der Waals surface area (Å²) < 4.78 is 2.57. The van der Waals surface area contributed by atoms with E-state index in [1.165, 1.54) is 0 Å². The Bertz CT molecular complexity index is 739. The molecule has 0 radical (unpaired) electrons. The van der Waals surface area contributed by atoms with Gasteiger partial charge in [-0.2, -0.15) is 5.10 Å². The van der Waals surface area contributed by atoms with Crippen LogP contribution in [0.1, 0.15) is 4.88 Å². The molecule has 4 nitrogen and oxygen atoms in total. The normalized spacial score (nSPS) is 10.8. The van der Waals surface area contributed by atoms with E-state index in [9.17, 15) is 5.11 Å². The minimum Gasteiger partial charge on any atom is -0.394 e. The maximum absolute atomic E-state index is 9.21. The molecule has 3 rings (SSSR count). The summed E-state index contributed by atoms with van der Waals surface area (Å²) in [4.78, 5) is 1.16. The molecule has 0 aliphatic rings. The Labute approximate surface area is 138 Å². The van der Waals surface area contributed by atoms with Crippen molar-refractivity contribution in [3.63, 3.8) is 0 Å². The second kappa shape index (κ2) is 6.96. The number of hydrogen-bond acceptors (Lipinski definition) is 4. The van der Waals surface area contributed by atoms with Crippen LogP contribution in [0.15, 0.2) is 48.5 Å². The van der Waals surface area contributed by atoms with E-state index in [-0.39, 0.29) is 6.61 Å². The van der Waals surface area contributed by atoms with Gasteiger partial charge in [-0.1, -0.05) is 41.9 Å². The van der Waals surface area contributed by atoms with Gasteiger partial charge in [0.2, 0.25) is 0 Å². The zero-order valence-corrected chi connectivity index (χ0v) is 13.4. The van der Waals surface area contributed by atoms with Gasteiger partial charge in [-0.05, 0) is 12.1 Å². The number of halogens is 1. The van der Waals surface area contributed by atoms with Crippen LogP contribution in [0.2, 0.25) is 4.34 Å². The Hall–Kier alpha value is -1.82. The van der Waals surface area contributed by atoms with Crippen LogP contribution in [0.5, 0.6) is 0 Å². The molecule has 0 aliphatic heterocycles. The lowest BCUT2D eigenvalue weighted by molar-refractivity contribution is 0.270. The number of aliphatic hydroxyl groups is 1. The molecule has 2 N–H and O–H groups in total. The third-order valence-corrected chi connectivity index (χ3v) is 4.47. The van der Waals surface area contributed by atoms with Crippen molar-refractivity contribution in [3.8, 4) is 11.3 Å². The average Bonchev–Trinajstić information content (AvgIpc) is 3.13. The third kappa shape index (κ3) is 3.50. The Morgan fingerprint density at radius 2 is 2.00 bits per heavy atom. The zero-order valence-electron chi connectivity index (χ0n) is 11.9. The maximum atomic E-state index is 9.21. The van der Waals surface area contributed by atoms with Gasteiger partial charge in [-0.25, -0.2) is 4.68 Å².